The lowest BCUT2D eigenvalue weighted by atomic mass is 9.69. The van der Waals surface area contributed by atoms with Crippen LogP contribution in [0.5, 0.6) is 0 Å². The Morgan fingerprint density at radius 1 is 1.18 bits per heavy atom. The third-order valence-electron chi connectivity index (χ3n) is 6.33. The van der Waals surface area contributed by atoms with Gasteiger partial charge in [0.05, 0.1) is 17.3 Å². The highest BCUT2D eigenvalue weighted by Crippen LogP contribution is 2.38. The molecule has 0 radical (unpaired) electrons. The number of pyridine rings is 1. The van der Waals surface area contributed by atoms with Gasteiger partial charge in [0.25, 0.3) is 0 Å². The minimum atomic E-state index is -0.624. The molecule has 5 heteroatoms. The average Bonchev–Trinajstić information content (AvgIpc) is 3.08. The first-order valence-electron chi connectivity index (χ1n) is 9.90. The molecule has 0 spiro atoms. The van der Waals surface area contributed by atoms with Crippen LogP contribution in [0.2, 0.25) is 0 Å². The predicted molar refractivity (Wildman–Crippen MR) is 110 cm³/mol. The van der Waals surface area contributed by atoms with Crippen molar-refractivity contribution >= 4 is 6.08 Å². The van der Waals surface area contributed by atoms with Gasteiger partial charge in [-0.1, -0.05) is 44.2 Å². The van der Waals surface area contributed by atoms with Crippen LogP contribution in [-0.4, -0.2) is 28.5 Å². The van der Waals surface area contributed by atoms with E-state index in [1.165, 1.54) is 0 Å². The van der Waals surface area contributed by atoms with Crippen molar-refractivity contribution in [3.8, 4) is 17.2 Å². The Kier molecular flexibility index (Phi) is 5.27. The van der Waals surface area contributed by atoms with Crippen molar-refractivity contribution in [1.29, 1.82) is 5.26 Å². The smallest absolute Gasteiger partial charge is 0.161 e. The Morgan fingerprint density at radius 2 is 2.00 bits per heavy atom. The number of nitrogens with zero attached hydrogens (tertiary/aromatic N) is 2. The number of benzene rings is 1. The van der Waals surface area contributed by atoms with E-state index in [-0.39, 0.29) is 6.04 Å². The summed E-state index contributed by atoms with van der Waals surface area (Å²) < 4.78 is 0. The van der Waals surface area contributed by atoms with Gasteiger partial charge in [0.2, 0.25) is 0 Å². The van der Waals surface area contributed by atoms with E-state index in [1.807, 2.05) is 42.6 Å². The predicted octanol–water partition coefficient (Wildman–Crippen LogP) is 3.13. The van der Waals surface area contributed by atoms with E-state index < -0.39 is 6.35 Å². The number of nitrogens with one attached hydrogen (secondary N) is 2. The highest BCUT2D eigenvalue weighted by Gasteiger charge is 2.44. The summed E-state index contributed by atoms with van der Waals surface area (Å²) in [4.78, 5) is 4.58. The van der Waals surface area contributed by atoms with Gasteiger partial charge in [0, 0.05) is 29.4 Å². The van der Waals surface area contributed by atoms with Crippen LogP contribution < -0.4 is 10.6 Å². The van der Waals surface area contributed by atoms with Crippen LogP contribution in [0.25, 0.3) is 17.2 Å². The summed E-state index contributed by atoms with van der Waals surface area (Å²) in [6.07, 6.45) is 6.58. The third kappa shape index (κ3) is 3.59. The van der Waals surface area contributed by atoms with Crippen LogP contribution in [0.1, 0.15) is 31.5 Å². The van der Waals surface area contributed by atoms with Crippen molar-refractivity contribution in [2.75, 3.05) is 0 Å². The summed E-state index contributed by atoms with van der Waals surface area (Å²) in [5, 5.41) is 25.7. The van der Waals surface area contributed by atoms with Crippen molar-refractivity contribution in [2.45, 2.75) is 38.7 Å². The lowest BCUT2D eigenvalue weighted by molar-refractivity contribution is 0.128. The number of hydrogen-bond donors (Lipinski definition) is 3. The number of aliphatic hydroxyl groups is 1. The van der Waals surface area contributed by atoms with Crippen LogP contribution in [0, 0.1) is 29.1 Å². The molecule has 1 saturated heterocycles. The SMILES string of the molecule is C[C@H]1[C@H](/C=C/c2ccc(-c3ccccc3C#N)cn2)[C@H]2NC(O)N[C@H]2C[C@@H]1C. The van der Waals surface area contributed by atoms with E-state index in [4.69, 9.17) is 0 Å². The molecule has 144 valence electrons. The van der Waals surface area contributed by atoms with Crippen molar-refractivity contribution in [3.63, 3.8) is 0 Å². The third-order valence-corrected chi connectivity index (χ3v) is 6.33. The summed E-state index contributed by atoms with van der Waals surface area (Å²) in [5.41, 5.74) is 3.40. The fourth-order valence-corrected chi connectivity index (χ4v) is 4.57. The van der Waals surface area contributed by atoms with Crippen LogP contribution >= 0.6 is 0 Å². The van der Waals surface area contributed by atoms with Crippen molar-refractivity contribution in [1.82, 2.24) is 15.6 Å². The summed E-state index contributed by atoms with van der Waals surface area (Å²) in [6, 6.07) is 14.3. The Hall–Kier alpha value is -2.52. The number of fused-ring (bicyclic) bond motifs is 1. The maximum absolute atomic E-state index is 9.94. The number of nitriles is 1. The zero-order valence-corrected chi connectivity index (χ0v) is 16.2. The second-order valence-corrected chi connectivity index (χ2v) is 8.01. The molecule has 6 atom stereocenters. The second-order valence-electron chi connectivity index (χ2n) is 8.01. The van der Waals surface area contributed by atoms with Gasteiger partial charge in [-0.2, -0.15) is 5.26 Å². The minimum absolute atomic E-state index is 0.235. The molecule has 1 saturated carbocycles. The summed E-state index contributed by atoms with van der Waals surface area (Å²) in [6.45, 7) is 4.57. The standard InChI is InChI=1S/C23H26N4O/c1-14-11-21-22(27-23(28)26-21)19(15(14)2)10-9-18-8-7-17(13-25-18)20-6-4-3-5-16(20)12-24/h3-10,13-15,19,21-23,26-28H,11H2,1-2H3/b10-9+/t14-,15+,19-,21-,22+,23?/m0/s1. The maximum atomic E-state index is 9.94. The van der Waals surface area contributed by atoms with E-state index in [2.05, 4.69) is 47.7 Å². The highest BCUT2D eigenvalue weighted by atomic mass is 16.3. The molecule has 0 bridgehead atoms. The van der Waals surface area contributed by atoms with Crippen LogP contribution in [0.3, 0.4) is 0 Å². The van der Waals surface area contributed by atoms with Crippen molar-refractivity contribution in [2.24, 2.45) is 17.8 Å². The van der Waals surface area contributed by atoms with E-state index >= 15 is 0 Å². The highest BCUT2D eigenvalue weighted by molar-refractivity contribution is 5.70. The first kappa shape index (κ1) is 18.8. The van der Waals surface area contributed by atoms with Gasteiger partial charge < -0.3 is 5.11 Å². The van der Waals surface area contributed by atoms with E-state index in [9.17, 15) is 10.4 Å². The molecule has 0 amide bonds. The summed E-state index contributed by atoms with van der Waals surface area (Å²) in [5.74, 6) is 1.45. The van der Waals surface area contributed by atoms with Crippen LogP contribution in [-0.2, 0) is 0 Å². The molecular formula is C23H26N4O. The first-order chi connectivity index (χ1) is 13.6. The molecule has 3 N–H and O–H groups in total. The summed E-state index contributed by atoms with van der Waals surface area (Å²) >= 11 is 0. The fourth-order valence-electron chi connectivity index (χ4n) is 4.57. The molecule has 1 aromatic carbocycles. The molecule has 2 fully saturated rings. The summed E-state index contributed by atoms with van der Waals surface area (Å²) in [7, 11) is 0. The largest absolute Gasteiger partial charge is 0.365 e. The maximum Gasteiger partial charge on any atom is 0.161 e. The van der Waals surface area contributed by atoms with Crippen LogP contribution in [0.15, 0.2) is 48.7 Å². The van der Waals surface area contributed by atoms with Gasteiger partial charge >= 0.3 is 0 Å². The molecule has 4 rings (SSSR count). The number of aliphatic hydroxyl groups excluding tert-OH is 1. The zero-order valence-electron chi connectivity index (χ0n) is 16.2. The Morgan fingerprint density at radius 3 is 2.75 bits per heavy atom. The monoisotopic (exact) mass is 374 g/mol. The minimum Gasteiger partial charge on any atom is -0.365 e. The van der Waals surface area contributed by atoms with E-state index in [1.54, 1.807) is 0 Å². The second kappa shape index (κ2) is 7.84. The molecular weight excluding hydrogens is 348 g/mol. The number of hydrogen-bond acceptors (Lipinski definition) is 5. The van der Waals surface area contributed by atoms with Crippen molar-refractivity contribution in [3.05, 3.63) is 59.9 Å². The average molecular weight is 374 g/mol. The normalized spacial score (nSPS) is 32.2. The first-order valence-corrected chi connectivity index (χ1v) is 9.90. The molecule has 1 aliphatic carbocycles. The molecule has 2 heterocycles. The topological polar surface area (TPSA) is 81.0 Å². The van der Waals surface area contributed by atoms with Gasteiger partial charge in [0.15, 0.2) is 6.35 Å². The van der Waals surface area contributed by atoms with E-state index in [0.717, 1.165) is 23.2 Å². The number of aromatic nitrogens is 1. The quantitative estimate of drug-likeness (QED) is 0.769. The Balaban J connectivity index is 1.54. The molecule has 5 nitrogen and oxygen atoms in total. The fraction of sp³-hybridized carbons (Fsp3) is 0.391. The van der Waals surface area contributed by atoms with E-state index in [0.29, 0.717) is 29.4 Å². The molecule has 2 aliphatic rings. The van der Waals surface area contributed by atoms with Crippen LogP contribution in [0.4, 0.5) is 0 Å². The Labute approximate surface area is 166 Å². The lowest BCUT2D eigenvalue weighted by Crippen LogP contribution is -2.48. The molecule has 1 unspecified atom stereocenters. The molecule has 28 heavy (non-hydrogen) atoms. The van der Waals surface area contributed by atoms with Gasteiger partial charge in [-0.15, -0.1) is 0 Å². The zero-order chi connectivity index (χ0) is 19.7. The number of rotatable bonds is 3. The molecule has 2 aromatic rings. The van der Waals surface area contributed by atoms with Gasteiger partial charge in [-0.05, 0) is 42.4 Å². The lowest BCUT2D eigenvalue weighted by Gasteiger charge is -2.40. The van der Waals surface area contributed by atoms with Gasteiger partial charge in [-0.25, -0.2) is 0 Å². The molecule has 1 aliphatic heterocycles. The van der Waals surface area contributed by atoms with Crippen molar-refractivity contribution < 1.29 is 5.11 Å². The Bertz CT molecular complexity index is 902. The van der Waals surface area contributed by atoms with Gasteiger partial charge in [-0.3, -0.25) is 15.6 Å². The van der Waals surface area contributed by atoms with Gasteiger partial charge in [0.1, 0.15) is 0 Å². The molecule has 1 aromatic heterocycles.